The second kappa shape index (κ2) is 10.6. The Bertz CT molecular complexity index is 1240. The highest BCUT2D eigenvalue weighted by atomic mass is 16.5. The Morgan fingerprint density at radius 1 is 1.06 bits per heavy atom. The van der Waals surface area contributed by atoms with Gasteiger partial charge < -0.3 is 18.8 Å². The third kappa shape index (κ3) is 5.15. The number of fused-ring (bicyclic) bond motifs is 1. The second-order valence-corrected chi connectivity index (χ2v) is 8.37. The van der Waals surface area contributed by atoms with Gasteiger partial charge in [0.05, 0.1) is 31.6 Å². The smallest absolute Gasteiger partial charge is 0.340 e. The van der Waals surface area contributed by atoms with Crippen LogP contribution in [0.25, 0.3) is 17.0 Å². The lowest BCUT2D eigenvalue weighted by atomic mass is 10.0. The van der Waals surface area contributed by atoms with Gasteiger partial charge in [-0.1, -0.05) is 42.5 Å². The Labute approximate surface area is 199 Å². The van der Waals surface area contributed by atoms with Crippen LogP contribution in [0.2, 0.25) is 0 Å². The summed E-state index contributed by atoms with van der Waals surface area (Å²) in [7, 11) is 3.09. The van der Waals surface area contributed by atoms with Crippen molar-refractivity contribution in [2.24, 2.45) is 0 Å². The van der Waals surface area contributed by atoms with E-state index in [9.17, 15) is 9.59 Å². The van der Waals surface area contributed by atoms with Crippen molar-refractivity contribution in [1.29, 1.82) is 0 Å². The molecule has 3 aromatic rings. The van der Waals surface area contributed by atoms with Crippen LogP contribution in [0, 0.1) is 6.92 Å². The summed E-state index contributed by atoms with van der Waals surface area (Å²) in [4.78, 5) is 29.9. The molecule has 0 radical (unpaired) electrons. The van der Waals surface area contributed by atoms with Crippen molar-refractivity contribution in [1.82, 2.24) is 9.80 Å². The van der Waals surface area contributed by atoms with Crippen molar-refractivity contribution in [3.63, 3.8) is 0 Å². The molecule has 4 rings (SSSR count). The van der Waals surface area contributed by atoms with Crippen LogP contribution in [0.15, 0.2) is 57.8 Å². The Hall–Kier alpha value is -3.58. The minimum atomic E-state index is -0.502. The average molecular weight is 463 g/mol. The van der Waals surface area contributed by atoms with E-state index in [1.54, 1.807) is 19.2 Å². The number of ether oxygens (including phenoxy) is 2. The zero-order valence-corrected chi connectivity index (χ0v) is 19.9. The number of aryl methyl sites for hydroxylation is 1. The summed E-state index contributed by atoms with van der Waals surface area (Å²) in [5, 5.41) is 0.681. The molecule has 1 aromatic heterocycles. The first-order valence-corrected chi connectivity index (χ1v) is 11.4. The molecular formula is C27H30N2O5. The van der Waals surface area contributed by atoms with Gasteiger partial charge in [-0.25, -0.2) is 4.79 Å². The number of nitrogens with zero attached hydrogens (tertiary/aromatic N) is 2. The first-order chi connectivity index (χ1) is 16.5. The summed E-state index contributed by atoms with van der Waals surface area (Å²) in [6, 6.07) is 13.6. The molecule has 2 heterocycles. The fraction of sp³-hybridized carbons (Fsp3) is 0.333. The van der Waals surface area contributed by atoms with Crippen LogP contribution in [-0.4, -0.2) is 62.7 Å². The van der Waals surface area contributed by atoms with Gasteiger partial charge in [-0.3, -0.25) is 9.69 Å². The van der Waals surface area contributed by atoms with Crippen molar-refractivity contribution in [3.8, 4) is 11.5 Å². The van der Waals surface area contributed by atoms with Crippen LogP contribution in [0.3, 0.4) is 0 Å². The molecule has 1 aliphatic rings. The molecule has 0 saturated carbocycles. The molecule has 0 bridgehead atoms. The van der Waals surface area contributed by atoms with Crippen molar-refractivity contribution in [2.45, 2.75) is 13.3 Å². The van der Waals surface area contributed by atoms with Gasteiger partial charge in [0.15, 0.2) is 0 Å². The fourth-order valence-electron chi connectivity index (χ4n) is 4.31. The van der Waals surface area contributed by atoms with Crippen LogP contribution >= 0.6 is 0 Å². The van der Waals surface area contributed by atoms with Gasteiger partial charge in [0.1, 0.15) is 17.1 Å². The first kappa shape index (κ1) is 23.6. The van der Waals surface area contributed by atoms with E-state index < -0.39 is 5.63 Å². The molecule has 34 heavy (non-hydrogen) atoms. The van der Waals surface area contributed by atoms with Gasteiger partial charge in [0, 0.05) is 44.9 Å². The largest absolute Gasteiger partial charge is 0.496 e. The Balaban J connectivity index is 1.41. The summed E-state index contributed by atoms with van der Waals surface area (Å²) in [5.41, 5.74) is 2.12. The van der Waals surface area contributed by atoms with Gasteiger partial charge >= 0.3 is 5.63 Å². The quantitative estimate of drug-likeness (QED) is 0.501. The summed E-state index contributed by atoms with van der Waals surface area (Å²) >= 11 is 0. The number of rotatable bonds is 7. The molecule has 2 aromatic carbocycles. The number of methoxy groups -OCH3 is 2. The van der Waals surface area contributed by atoms with Crippen LogP contribution in [0.4, 0.5) is 0 Å². The molecule has 178 valence electrons. The van der Waals surface area contributed by atoms with E-state index in [-0.39, 0.29) is 12.3 Å². The lowest BCUT2D eigenvalue weighted by Gasteiger charge is -2.34. The van der Waals surface area contributed by atoms with Crippen molar-refractivity contribution in [3.05, 3.63) is 75.7 Å². The molecule has 0 unspecified atom stereocenters. The summed E-state index contributed by atoms with van der Waals surface area (Å²) in [5.74, 6) is 1.01. The maximum Gasteiger partial charge on any atom is 0.340 e. The molecule has 7 heteroatoms. The predicted molar refractivity (Wildman–Crippen MR) is 133 cm³/mol. The van der Waals surface area contributed by atoms with Gasteiger partial charge in [0.2, 0.25) is 5.91 Å². The minimum absolute atomic E-state index is 0.00714. The zero-order chi connectivity index (χ0) is 24.1. The Morgan fingerprint density at radius 3 is 2.47 bits per heavy atom. The predicted octanol–water partition coefficient (Wildman–Crippen LogP) is 3.52. The standard InChI is InChI=1S/C27H30N2O5/c1-19-22(27(31)34-24-17-21(32-2)16-23(33-3)26(19)24)18-25(30)29-14-12-28(13-15-29)11-7-10-20-8-5-4-6-9-20/h4-10,16-17H,11-15,18H2,1-3H3/b10-7+. The zero-order valence-electron chi connectivity index (χ0n) is 19.9. The highest BCUT2D eigenvalue weighted by molar-refractivity contribution is 5.90. The highest BCUT2D eigenvalue weighted by Gasteiger charge is 2.24. The lowest BCUT2D eigenvalue weighted by molar-refractivity contribution is -0.132. The molecule has 0 N–H and O–H groups in total. The van der Waals surface area contributed by atoms with E-state index in [0.717, 1.165) is 19.6 Å². The van der Waals surface area contributed by atoms with Crippen molar-refractivity contribution >= 4 is 23.0 Å². The normalized spacial score (nSPS) is 14.6. The number of carbonyl (C=O) groups excluding carboxylic acids is 1. The monoisotopic (exact) mass is 462 g/mol. The molecular weight excluding hydrogens is 432 g/mol. The van der Waals surface area contributed by atoms with Gasteiger partial charge in [-0.15, -0.1) is 0 Å². The number of benzene rings is 2. The Morgan fingerprint density at radius 2 is 1.79 bits per heavy atom. The number of carbonyl (C=O) groups is 1. The number of hydrogen-bond acceptors (Lipinski definition) is 6. The molecule has 1 fully saturated rings. The van der Waals surface area contributed by atoms with Gasteiger partial charge in [-0.05, 0) is 18.1 Å². The molecule has 0 aliphatic carbocycles. The maximum atomic E-state index is 13.0. The van der Waals surface area contributed by atoms with E-state index in [1.807, 2.05) is 30.0 Å². The SMILES string of the molecule is COc1cc(OC)c2c(C)c(CC(=O)N3CCN(C/C=C/c4ccccc4)CC3)c(=O)oc2c1. The molecule has 1 aliphatic heterocycles. The Kier molecular flexibility index (Phi) is 7.33. The maximum absolute atomic E-state index is 13.0. The molecule has 7 nitrogen and oxygen atoms in total. The summed E-state index contributed by atoms with van der Waals surface area (Å²) < 4.78 is 16.3. The first-order valence-electron chi connectivity index (χ1n) is 11.4. The highest BCUT2D eigenvalue weighted by Crippen LogP contribution is 2.33. The van der Waals surface area contributed by atoms with Crippen molar-refractivity contribution < 1.29 is 18.7 Å². The molecule has 0 atom stereocenters. The molecule has 1 saturated heterocycles. The summed E-state index contributed by atoms with van der Waals surface area (Å²) in [6.07, 6.45) is 4.27. The topological polar surface area (TPSA) is 72.2 Å². The van der Waals surface area contributed by atoms with Crippen LogP contribution in [0.5, 0.6) is 11.5 Å². The number of hydrogen-bond donors (Lipinski definition) is 0. The van der Waals surface area contributed by atoms with E-state index in [2.05, 4.69) is 29.2 Å². The number of piperazine rings is 1. The van der Waals surface area contributed by atoms with Crippen molar-refractivity contribution in [2.75, 3.05) is 46.9 Å². The van der Waals surface area contributed by atoms with E-state index in [4.69, 9.17) is 13.9 Å². The average Bonchev–Trinajstić information content (AvgIpc) is 2.86. The lowest BCUT2D eigenvalue weighted by Crippen LogP contribution is -2.49. The molecule has 0 spiro atoms. The van der Waals surface area contributed by atoms with E-state index in [1.165, 1.54) is 12.7 Å². The third-order valence-corrected chi connectivity index (χ3v) is 6.30. The number of amides is 1. The van der Waals surface area contributed by atoms with Gasteiger partial charge in [-0.2, -0.15) is 0 Å². The third-order valence-electron chi connectivity index (χ3n) is 6.30. The second-order valence-electron chi connectivity index (χ2n) is 8.37. The van der Waals surface area contributed by atoms with E-state index in [0.29, 0.717) is 46.7 Å². The summed E-state index contributed by atoms with van der Waals surface area (Å²) in [6.45, 7) is 5.53. The minimum Gasteiger partial charge on any atom is -0.496 e. The van der Waals surface area contributed by atoms with Crippen LogP contribution in [0.1, 0.15) is 16.7 Å². The van der Waals surface area contributed by atoms with E-state index >= 15 is 0 Å². The van der Waals surface area contributed by atoms with Crippen LogP contribution < -0.4 is 15.1 Å². The van der Waals surface area contributed by atoms with Gasteiger partial charge in [0.25, 0.3) is 0 Å². The fourth-order valence-corrected chi connectivity index (χ4v) is 4.31. The van der Waals surface area contributed by atoms with Crippen LogP contribution in [-0.2, 0) is 11.2 Å². The molecule has 1 amide bonds.